The van der Waals surface area contributed by atoms with Gasteiger partial charge in [0.05, 0.1) is 12.2 Å². The van der Waals surface area contributed by atoms with E-state index in [2.05, 4.69) is 24.2 Å². The number of carboxylic acids is 1. The normalized spacial score (nSPS) is 10.6. The van der Waals surface area contributed by atoms with Crippen LogP contribution in [0.3, 0.4) is 0 Å². The van der Waals surface area contributed by atoms with E-state index in [0.717, 1.165) is 17.7 Å². The van der Waals surface area contributed by atoms with Crippen LogP contribution in [0.5, 0.6) is 0 Å². The van der Waals surface area contributed by atoms with Gasteiger partial charge in [-0.1, -0.05) is 31.2 Å². The molecular weight excluding hydrogens is 228 g/mol. The van der Waals surface area contributed by atoms with E-state index in [-0.39, 0.29) is 5.69 Å². The number of carbonyl (C=O) groups is 1. The third-order valence-corrected chi connectivity index (χ3v) is 2.88. The van der Waals surface area contributed by atoms with Gasteiger partial charge in [0, 0.05) is 0 Å². The van der Waals surface area contributed by atoms with Crippen molar-refractivity contribution in [3.8, 4) is 0 Å². The Morgan fingerprint density at radius 2 is 1.89 bits per heavy atom. The molecule has 0 unspecified atom stereocenters. The van der Waals surface area contributed by atoms with Crippen LogP contribution in [0.1, 0.15) is 34.2 Å². The van der Waals surface area contributed by atoms with Gasteiger partial charge in [0.1, 0.15) is 5.69 Å². The lowest BCUT2D eigenvalue weighted by Crippen LogP contribution is -2.10. The number of carboxylic acid groups (broad SMARTS) is 1. The van der Waals surface area contributed by atoms with E-state index in [1.807, 2.05) is 12.1 Å². The molecule has 0 saturated heterocycles. The summed E-state index contributed by atoms with van der Waals surface area (Å²) >= 11 is 0. The van der Waals surface area contributed by atoms with Crippen LogP contribution >= 0.6 is 0 Å². The second kappa shape index (κ2) is 5.04. The fourth-order valence-corrected chi connectivity index (χ4v) is 1.89. The molecule has 0 spiro atoms. The maximum Gasteiger partial charge on any atom is 0.354 e. The molecule has 0 bridgehead atoms. The summed E-state index contributed by atoms with van der Waals surface area (Å²) in [7, 11) is 0. The van der Waals surface area contributed by atoms with Crippen molar-refractivity contribution in [3.63, 3.8) is 0 Å². The lowest BCUT2D eigenvalue weighted by Gasteiger charge is -2.05. The van der Waals surface area contributed by atoms with E-state index in [4.69, 9.17) is 5.11 Å². The number of aromatic carboxylic acids is 1. The van der Waals surface area contributed by atoms with Gasteiger partial charge in [-0.25, -0.2) is 4.79 Å². The Hall–Kier alpha value is -2.10. The van der Waals surface area contributed by atoms with Crippen LogP contribution in [-0.4, -0.2) is 20.9 Å². The summed E-state index contributed by atoms with van der Waals surface area (Å²) in [4.78, 5) is 11.1. The first-order valence-electron chi connectivity index (χ1n) is 5.95. The van der Waals surface area contributed by atoms with Crippen molar-refractivity contribution in [3.05, 3.63) is 52.8 Å². The fraction of sp³-hybridized carbons (Fsp3) is 0.286. The van der Waals surface area contributed by atoms with Crippen molar-refractivity contribution in [2.75, 3.05) is 0 Å². The summed E-state index contributed by atoms with van der Waals surface area (Å²) in [6, 6.07) is 9.74. The van der Waals surface area contributed by atoms with Crippen LogP contribution in [0, 0.1) is 6.92 Å². The summed E-state index contributed by atoms with van der Waals surface area (Å²) < 4.78 is 1.53. The Labute approximate surface area is 106 Å². The zero-order valence-electron chi connectivity index (χ0n) is 10.6. The number of aryl methyl sites for hydroxylation is 2. The van der Waals surface area contributed by atoms with Gasteiger partial charge in [0.2, 0.25) is 0 Å². The Kier molecular flexibility index (Phi) is 3.46. The first-order valence-corrected chi connectivity index (χ1v) is 5.95. The number of benzene rings is 1. The molecule has 0 fully saturated rings. The standard InChI is InChI=1S/C14H16N2O2/c1-3-11-4-6-12(7-5-11)9-16-13(14(17)18)8-10(2)15-16/h4-8H,3,9H2,1-2H3,(H,17,18). The Morgan fingerprint density at radius 1 is 1.28 bits per heavy atom. The predicted octanol–water partition coefficient (Wildman–Crippen LogP) is 2.50. The second-order valence-corrected chi connectivity index (χ2v) is 4.30. The summed E-state index contributed by atoms with van der Waals surface area (Å²) in [5.74, 6) is -0.944. The first kappa shape index (κ1) is 12.4. The average Bonchev–Trinajstić information content (AvgIpc) is 2.71. The number of hydrogen-bond donors (Lipinski definition) is 1. The zero-order chi connectivity index (χ0) is 13.1. The largest absolute Gasteiger partial charge is 0.477 e. The molecule has 0 amide bonds. The third kappa shape index (κ3) is 2.59. The van der Waals surface area contributed by atoms with Gasteiger partial charge in [-0.15, -0.1) is 0 Å². The van der Waals surface area contributed by atoms with Crippen molar-refractivity contribution < 1.29 is 9.90 Å². The van der Waals surface area contributed by atoms with Crippen LogP contribution < -0.4 is 0 Å². The third-order valence-electron chi connectivity index (χ3n) is 2.88. The average molecular weight is 244 g/mol. The number of rotatable bonds is 4. The Morgan fingerprint density at radius 3 is 2.44 bits per heavy atom. The minimum Gasteiger partial charge on any atom is -0.477 e. The van der Waals surface area contributed by atoms with Crippen molar-refractivity contribution in [1.29, 1.82) is 0 Å². The second-order valence-electron chi connectivity index (χ2n) is 4.30. The molecule has 4 nitrogen and oxygen atoms in total. The van der Waals surface area contributed by atoms with Crippen LogP contribution in [-0.2, 0) is 13.0 Å². The molecule has 2 rings (SSSR count). The van der Waals surface area contributed by atoms with Crippen LogP contribution in [0.15, 0.2) is 30.3 Å². The van der Waals surface area contributed by atoms with Crippen LogP contribution in [0.2, 0.25) is 0 Å². The molecule has 0 radical (unpaired) electrons. The van der Waals surface area contributed by atoms with E-state index >= 15 is 0 Å². The fourth-order valence-electron chi connectivity index (χ4n) is 1.89. The van der Waals surface area contributed by atoms with Gasteiger partial charge < -0.3 is 5.11 Å². The Bertz CT molecular complexity index is 556. The Balaban J connectivity index is 2.25. The monoisotopic (exact) mass is 244 g/mol. The van der Waals surface area contributed by atoms with E-state index in [9.17, 15) is 4.79 Å². The molecule has 1 N–H and O–H groups in total. The zero-order valence-corrected chi connectivity index (χ0v) is 10.6. The van der Waals surface area contributed by atoms with Crippen molar-refractivity contribution in [2.45, 2.75) is 26.8 Å². The molecule has 1 aromatic heterocycles. The van der Waals surface area contributed by atoms with Gasteiger partial charge in [0.25, 0.3) is 0 Å². The van der Waals surface area contributed by atoms with E-state index in [1.165, 1.54) is 10.2 Å². The molecule has 1 heterocycles. The van der Waals surface area contributed by atoms with E-state index in [1.54, 1.807) is 13.0 Å². The summed E-state index contributed by atoms with van der Waals surface area (Å²) in [5, 5.41) is 13.3. The highest BCUT2D eigenvalue weighted by molar-refractivity contribution is 5.85. The van der Waals surface area contributed by atoms with Gasteiger partial charge in [-0.3, -0.25) is 4.68 Å². The minimum atomic E-state index is -0.944. The number of hydrogen-bond acceptors (Lipinski definition) is 2. The highest BCUT2D eigenvalue weighted by atomic mass is 16.4. The maximum absolute atomic E-state index is 11.1. The smallest absolute Gasteiger partial charge is 0.354 e. The van der Waals surface area contributed by atoms with Crippen LogP contribution in [0.25, 0.3) is 0 Å². The van der Waals surface area contributed by atoms with Crippen molar-refractivity contribution in [2.24, 2.45) is 0 Å². The molecule has 94 valence electrons. The van der Waals surface area contributed by atoms with E-state index in [0.29, 0.717) is 6.54 Å². The van der Waals surface area contributed by atoms with Gasteiger partial charge in [0.15, 0.2) is 0 Å². The molecular formula is C14H16N2O2. The molecule has 0 atom stereocenters. The maximum atomic E-state index is 11.1. The molecule has 18 heavy (non-hydrogen) atoms. The van der Waals surface area contributed by atoms with Crippen molar-refractivity contribution >= 4 is 5.97 Å². The van der Waals surface area contributed by atoms with Gasteiger partial charge in [-0.05, 0) is 30.5 Å². The SMILES string of the molecule is CCc1ccc(Cn2nc(C)cc2C(=O)O)cc1. The molecule has 0 aliphatic rings. The first-order chi connectivity index (χ1) is 8.60. The number of nitrogens with zero attached hydrogens (tertiary/aromatic N) is 2. The van der Waals surface area contributed by atoms with Crippen molar-refractivity contribution in [1.82, 2.24) is 9.78 Å². The van der Waals surface area contributed by atoms with Gasteiger partial charge in [-0.2, -0.15) is 5.10 Å². The van der Waals surface area contributed by atoms with E-state index < -0.39 is 5.97 Å². The quantitative estimate of drug-likeness (QED) is 0.899. The molecule has 0 aliphatic carbocycles. The molecule has 1 aromatic carbocycles. The molecule has 4 heteroatoms. The summed E-state index contributed by atoms with van der Waals surface area (Å²) in [6.07, 6.45) is 1.00. The predicted molar refractivity (Wildman–Crippen MR) is 68.8 cm³/mol. The highest BCUT2D eigenvalue weighted by Gasteiger charge is 2.12. The molecule has 2 aromatic rings. The highest BCUT2D eigenvalue weighted by Crippen LogP contribution is 2.10. The lowest BCUT2D eigenvalue weighted by molar-refractivity contribution is 0.0684. The minimum absolute atomic E-state index is 0.229. The lowest BCUT2D eigenvalue weighted by atomic mass is 10.1. The summed E-state index contributed by atoms with van der Waals surface area (Å²) in [6.45, 7) is 4.39. The molecule has 0 aliphatic heterocycles. The number of aromatic nitrogens is 2. The van der Waals surface area contributed by atoms with Gasteiger partial charge >= 0.3 is 5.97 Å². The topological polar surface area (TPSA) is 55.1 Å². The molecule has 0 saturated carbocycles. The van der Waals surface area contributed by atoms with Crippen LogP contribution in [0.4, 0.5) is 0 Å². The summed E-state index contributed by atoms with van der Waals surface area (Å²) in [5.41, 5.74) is 3.27.